The number of nitrogens with one attached hydrogen (secondary N) is 1. The second-order valence-electron chi connectivity index (χ2n) is 7.74. The standard InChI is InChI=1S/C24H28N4O3/c1-18-8-9-23(30-2)22(14-18)28-11-10-21(26-28)24(29)25-15-20-17-27(12-13-31-20)16-19-6-4-3-5-7-19/h3-11,14,20H,12-13,15-17H2,1-2H3,(H,25,29). The number of morpholine rings is 1. The molecule has 0 bridgehead atoms. The van der Waals surface area contributed by atoms with Crippen LogP contribution in [-0.2, 0) is 11.3 Å². The smallest absolute Gasteiger partial charge is 0.271 e. The third kappa shape index (κ3) is 5.31. The molecule has 7 heteroatoms. The number of methoxy groups -OCH3 is 1. The molecule has 162 valence electrons. The van der Waals surface area contributed by atoms with Crippen molar-refractivity contribution >= 4 is 5.91 Å². The first-order chi connectivity index (χ1) is 15.1. The lowest BCUT2D eigenvalue weighted by molar-refractivity contribution is -0.0292. The van der Waals surface area contributed by atoms with Crippen molar-refractivity contribution < 1.29 is 14.3 Å². The van der Waals surface area contributed by atoms with Crippen LogP contribution in [0.5, 0.6) is 5.75 Å². The van der Waals surface area contributed by atoms with Crippen molar-refractivity contribution in [3.05, 3.63) is 77.6 Å². The van der Waals surface area contributed by atoms with Crippen LogP contribution in [0.4, 0.5) is 0 Å². The molecule has 0 saturated carbocycles. The summed E-state index contributed by atoms with van der Waals surface area (Å²) in [5.74, 6) is 0.490. The minimum absolute atomic E-state index is 0.0413. The highest BCUT2D eigenvalue weighted by molar-refractivity contribution is 5.92. The first kappa shape index (κ1) is 21.1. The molecule has 0 aliphatic carbocycles. The second kappa shape index (κ2) is 9.76. The lowest BCUT2D eigenvalue weighted by Crippen LogP contribution is -2.47. The van der Waals surface area contributed by atoms with Crippen molar-refractivity contribution in [3.8, 4) is 11.4 Å². The number of benzene rings is 2. The predicted octanol–water partition coefficient (Wildman–Crippen LogP) is 2.82. The summed E-state index contributed by atoms with van der Waals surface area (Å²) in [6.07, 6.45) is 1.73. The fourth-order valence-electron chi connectivity index (χ4n) is 3.74. The van der Waals surface area contributed by atoms with E-state index < -0.39 is 0 Å². The third-order valence-corrected chi connectivity index (χ3v) is 5.37. The number of carbonyl (C=O) groups excluding carboxylic acids is 1. The van der Waals surface area contributed by atoms with Gasteiger partial charge >= 0.3 is 0 Å². The van der Waals surface area contributed by atoms with E-state index in [0.717, 1.165) is 30.9 Å². The number of aryl methyl sites for hydroxylation is 1. The molecule has 1 aliphatic rings. The third-order valence-electron chi connectivity index (χ3n) is 5.37. The number of carbonyl (C=O) groups is 1. The summed E-state index contributed by atoms with van der Waals surface area (Å²) in [5.41, 5.74) is 3.53. The minimum Gasteiger partial charge on any atom is -0.494 e. The summed E-state index contributed by atoms with van der Waals surface area (Å²) in [6, 6.07) is 18.0. The van der Waals surface area contributed by atoms with E-state index in [-0.39, 0.29) is 12.0 Å². The topological polar surface area (TPSA) is 68.6 Å². The summed E-state index contributed by atoms with van der Waals surface area (Å²) < 4.78 is 12.9. The maximum absolute atomic E-state index is 12.6. The van der Waals surface area contributed by atoms with Crippen molar-refractivity contribution in [2.45, 2.75) is 19.6 Å². The van der Waals surface area contributed by atoms with Crippen LogP contribution in [0.2, 0.25) is 0 Å². The lowest BCUT2D eigenvalue weighted by Gasteiger charge is -2.33. The monoisotopic (exact) mass is 420 g/mol. The van der Waals surface area contributed by atoms with Gasteiger partial charge in [-0.05, 0) is 36.2 Å². The zero-order valence-electron chi connectivity index (χ0n) is 18.0. The van der Waals surface area contributed by atoms with Crippen LogP contribution >= 0.6 is 0 Å². The van der Waals surface area contributed by atoms with Crippen LogP contribution in [0.25, 0.3) is 5.69 Å². The first-order valence-electron chi connectivity index (χ1n) is 10.5. The van der Waals surface area contributed by atoms with Gasteiger partial charge in [-0.3, -0.25) is 9.69 Å². The Hall–Kier alpha value is -3.16. The molecular weight excluding hydrogens is 392 g/mol. The average molecular weight is 421 g/mol. The second-order valence-corrected chi connectivity index (χ2v) is 7.74. The summed E-state index contributed by atoms with van der Waals surface area (Å²) >= 11 is 0. The molecule has 1 aromatic heterocycles. The molecule has 1 N–H and O–H groups in total. The largest absolute Gasteiger partial charge is 0.494 e. The Morgan fingerprint density at radius 1 is 1.23 bits per heavy atom. The van der Waals surface area contributed by atoms with E-state index in [4.69, 9.17) is 9.47 Å². The van der Waals surface area contributed by atoms with Crippen molar-refractivity contribution in [2.24, 2.45) is 0 Å². The Morgan fingerprint density at radius 3 is 2.87 bits per heavy atom. The van der Waals surface area contributed by atoms with Crippen molar-refractivity contribution in [1.82, 2.24) is 20.0 Å². The maximum atomic E-state index is 12.6. The lowest BCUT2D eigenvalue weighted by atomic mass is 10.2. The fraction of sp³-hybridized carbons (Fsp3) is 0.333. The van der Waals surface area contributed by atoms with Crippen molar-refractivity contribution in [3.63, 3.8) is 0 Å². The van der Waals surface area contributed by atoms with E-state index in [9.17, 15) is 4.79 Å². The molecule has 1 saturated heterocycles. The number of hydrogen-bond acceptors (Lipinski definition) is 5. The molecule has 0 radical (unpaired) electrons. The number of rotatable bonds is 7. The molecule has 2 heterocycles. The quantitative estimate of drug-likeness (QED) is 0.637. The molecule has 1 unspecified atom stereocenters. The molecule has 1 fully saturated rings. The average Bonchev–Trinajstić information content (AvgIpc) is 3.29. The normalized spacial score (nSPS) is 16.8. The van der Waals surface area contributed by atoms with Gasteiger partial charge in [-0.25, -0.2) is 4.68 Å². The number of aromatic nitrogens is 2. The van der Waals surface area contributed by atoms with Gasteiger partial charge in [0, 0.05) is 32.4 Å². The highest BCUT2D eigenvalue weighted by Gasteiger charge is 2.22. The first-order valence-corrected chi connectivity index (χ1v) is 10.5. The van der Waals surface area contributed by atoms with E-state index in [1.807, 2.05) is 31.2 Å². The van der Waals surface area contributed by atoms with E-state index in [0.29, 0.717) is 24.6 Å². The van der Waals surface area contributed by atoms with Gasteiger partial charge in [0.25, 0.3) is 5.91 Å². The molecule has 4 rings (SSSR count). The van der Waals surface area contributed by atoms with E-state index in [2.05, 4.69) is 39.6 Å². The molecule has 1 amide bonds. The molecule has 3 aromatic rings. The zero-order chi connectivity index (χ0) is 21.6. The van der Waals surface area contributed by atoms with Crippen LogP contribution in [0.1, 0.15) is 21.6 Å². The predicted molar refractivity (Wildman–Crippen MR) is 119 cm³/mol. The van der Waals surface area contributed by atoms with Crippen LogP contribution < -0.4 is 10.1 Å². The zero-order valence-corrected chi connectivity index (χ0v) is 18.0. The Labute approximate surface area is 182 Å². The van der Waals surface area contributed by atoms with E-state index in [1.165, 1.54) is 5.56 Å². The molecule has 7 nitrogen and oxygen atoms in total. The highest BCUT2D eigenvalue weighted by atomic mass is 16.5. The van der Waals surface area contributed by atoms with Crippen molar-refractivity contribution in [1.29, 1.82) is 0 Å². The number of nitrogens with zero attached hydrogens (tertiary/aromatic N) is 3. The molecule has 2 aromatic carbocycles. The molecule has 1 atom stereocenters. The van der Waals surface area contributed by atoms with Gasteiger partial charge in [-0.15, -0.1) is 0 Å². The Morgan fingerprint density at radius 2 is 2.06 bits per heavy atom. The SMILES string of the molecule is COc1ccc(C)cc1-n1ccc(C(=O)NCC2CN(Cc3ccccc3)CCO2)n1. The number of ether oxygens (including phenoxy) is 2. The summed E-state index contributed by atoms with van der Waals surface area (Å²) in [4.78, 5) is 15.0. The maximum Gasteiger partial charge on any atom is 0.271 e. The van der Waals surface area contributed by atoms with Gasteiger partial charge in [0.1, 0.15) is 11.4 Å². The van der Waals surface area contributed by atoms with Crippen LogP contribution in [0.15, 0.2) is 60.8 Å². The summed E-state index contributed by atoms with van der Waals surface area (Å²) in [7, 11) is 1.62. The van der Waals surface area contributed by atoms with Gasteiger partial charge in [-0.2, -0.15) is 5.10 Å². The summed E-state index contributed by atoms with van der Waals surface area (Å²) in [6.45, 7) is 5.68. The van der Waals surface area contributed by atoms with Gasteiger partial charge in [0.2, 0.25) is 0 Å². The highest BCUT2D eigenvalue weighted by Crippen LogP contribution is 2.23. The van der Waals surface area contributed by atoms with Gasteiger partial charge in [-0.1, -0.05) is 36.4 Å². The Bertz CT molecular complexity index is 1020. The van der Waals surface area contributed by atoms with Gasteiger partial charge < -0.3 is 14.8 Å². The van der Waals surface area contributed by atoms with Crippen LogP contribution in [0.3, 0.4) is 0 Å². The Balaban J connectivity index is 1.34. The van der Waals surface area contributed by atoms with Crippen LogP contribution in [0, 0.1) is 6.92 Å². The molecule has 31 heavy (non-hydrogen) atoms. The Kier molecular flexibility index (Phi) is 6.64. The van der Waals surface area contributed by atoms with Crippen LogP contribution in [-0.4, -0.2) is 60.0 Å². The summed E-state index contributed by atoms with van der Waals surface area (Å²) in [5, 5.41) is 7.40. The minimum atomic E-state index is -0.214. The molecular formula is C24H28N4O3. The molecule has 1 aliphatic heterocycles. The molecule has 0 spiro atoms. The number of hydrogen-bond donors (Lipinski definition) is 1. The van der Waals surface area contributed by atoms with E-state index in [1.54, 1.807) is 24.1 Å². The fourth-order valence-corrected chi connectivity index (χ4v) is 3.74. The van der Waals surface area contributed by atoms with Gasteiger partial charge in [0.15, 0.2) is 5.69 Å². The van der Waals surface area contributed by atoms with Crippen molar-refractivity contribution in [2.75, 3.05) is 33.4 Å². The van der Waals surface area contributed by atoms with Gasteiger partial charge in [0.05, 0.1) is 19.8 Å². The van der Waals surface area contributed by atoms with E-state index >= 15 is 0 Å². The number of amides is 1.